The van der Waals surface area contributed by atoms with Gasteiger partial charge < -0.3 is 24.3 Å². The molecule has 0 atom stereocenters. The number of carbonyl (C=O) groups is 2. The topological polar surface area (TPSA) is 107 Å². The Bertz CT molecular complexity index is 1030. The van der Waals surface area contributed by atoms with E-state index in [1.165, 1.54) is 39.5 Å². The second-order valence-electron chi connectivity index (χ2n) is 6.01. The molecule has 160 valence electrons. The van der Waals surface area contributed by atoms with Crippen LogP contribution in [0.4, 0.5) is 0 Å². The number of rotatable bonds is 9. The third kappa shape index (κ3) is 5.64. The summed E-state index contributed by atoms with van der Waals surface area (Å²) in [4.78, 5) is 24.8. The lowest BCUT2D eigenvalue weighted by Gasteiger charge is -2.14. The molecule has 2 aromatic rings. The number of esters is 1. The third-order valence-corrected chi connectivity index (χ3v) is 4.11. The number of hydrogen-bond donors (Lipinski definition) is 1. The molecule has 8 heteroatoms. The van der Waals surface area contributed by atoms with Gasteiger partial charge in [0, 0.05) is 6.54 Å². The number of nitrogens with zero attached hydrogens (tertiary/aromatic N) is 1. The maximum absolute atomic E-state index is 12.8. The number of hydrogen-bond acceptors (Lipinski definition) is 7. The molecule has 0 aliphatic carbocycles. The standard InChI is InChI=1S/C23H22N2O6/c1-5-11-25-22(26)16(14-24)12-15-9-10-17(20(13-15)30-4)31-23(27)21-18(28-2)7-6-8-19(21)29-3/h5-10,12-13H,1,11H2,2-4H3,(H,25,26). The highest BCUT2D eigenvalue weighted by Crippen LogP contribution is 2.33. The van der Waals surface area contributed by atoms with E-state index in [9.17, 15) is 14.9 Å². The van der Waals surface area contributed by atoms with Crippen molar-refractivity contribution in [1.82, 2.24) is 5.32 Å². The molecule has 0 radical (unpaired) electrons. The van der Waals surface area contributed by atoms with Crippen molar-refractivity contribution in [3.63, 3.8) is 0 Å². The fourth-order valence-electron chi connectivity index (χ4n) is 2.64. The minimum Gasteiger partial charge on any atom is -0.496 e. The number of benzene rings is 2. The van der Waals surface area contributed by atoms with Crippen molar-refractivity contribution in [1.29, 1.82) is 5.26 Å². The Morgan fingerprint density at radius 1 is 1.03 bits per heavy atom. The summed E-state index contributed by atoms with van der Waals surface area (Å²) in [6, 6.07) is 11.4. The molecule has 0 aliphatic rings. The van der Waals surface area contributed by atoms with Gasteiger partial charge in [0.1, 0.15) is 28.7 Å². The molecule has 31 heavy (non-hydrogen) atoms. The SMILES string of the molecule is C=CCNC(=O)C(C#N)=Cc1ccc(OC(=O)c2c(OC)cccc2OC)c(OC)c1. The molecular formula is C23H22N2O6. The molecule has 0 aliphatic heterocycles. The van der Waals surface area contributed by atoms with Crippen LogP contribution >= 0.6 is 0 Å². The smallest absolute Gasteiger partial charge is 0.351 e. The molecule has 1 N–H and O–H groups in total. The summed E-state index contributed by atoms with van der Waals surface area (Å²) in [7, 11) is 4.28. The fourth-order valence-corrected chi connectivity index (χ4v) is 2.64. The van der Waals surface area contributed by atoms with Crippen LogP contribution in [-0.4, -0.2) is 39.8 Å². The molecule has 0 saturated carbocycles. The van der Waals surface area contributed by atoms with Crippen LogP contribution in [0.15, 0.2) is 54.6 Å². The van der Waals surface area contributed by atoms with Crippen molar-refractivity contribution in [3.05, 3.63) is 65.8 Å². The van der Waals surface area contributed by atoms with Crippen LogP contribution in [0, 0.1) is 11.3 Å². The second-order valence-corrected chi connectivity index (χ2v) is 6.01. The zero-order valence-corrected chi connectivity index (χ0v) is 17.4. The predicted molar refractivity (Wildman–Crippen MR) is 114 cm³/mol. The highest BCUT2D eigenvalue weighted by atomic mass is 16.6. The van der Waals surface area contributed by atoms with Crippen molar-refractivity contribution in [2.75, 3.05) is 27.9 Å². The van der Waals surface area contributed by atoms with Crippen LogP contribution in [0.2, 0.25) is 0 Å². The molecule has 0 aromatic heterocycles. The molecule has 0 unspecified atom stereocenters. The molecule has 0 saturated heterocycles. The molecule has 2 aromatic carbocycles. The molecular weight excluding hydrogens is 400 g/mol. The highest BCUT2D eigenvalue weighted by Gasteiger charge is 2.22. The highest BCUT2D eigenvalue weighted by molar-refractivity contribution is 6.02. The first-order valence-electron chi connectivity index (χ1n) is 9.11. The van der Waals surface area contributed by atoms with E-state index in [0.717, 1.165) is 0 Å². The summed E-state index contributed by atoms with van der Waals surface area (Å²) >= 11 is 0. The second kappa shape index (κ2) is 11.1. The number of methoxy groups -OCH3 is 3. The predicted octanol–water partition coefficient (Wildman–Crippen LogP) is 3.14. The van der Waals surface area contributed by atoms with Crippen LogP contribution < -0.4 is 24.3 Å². The van der Waals surface area contributed by atoms with Gasteiger partial charge in [-0.15, -0.1) is 6.58 Å². The van der Waals surface area contributed by atoms with Crippen LogP contribution in [0.3, 0.4) is 0 Å². The summed E-state index contributed by atoms with van der Waals surface area (Å²) in [5.41, 5.74) is 0.549. The normalized spacial score (nSPS) is 10.5. The number of nitriles is 1. The van der Waals surface area contributed by atoms with E-state index < -0.39 is 11.9 Å². The molecule has 1 amide bonds. The maximum Gasteiger partial charge on any atom is 0.351 e. The quantitative estimate of drug-likeness (QED) is 0.217. The van der Waals surface area contributed by atoms with Gasteiger partial charge in [-0.1, -0.05) is 18.2 Å². The fraction of sp³-hybridized carbons (Fsp3) is 0.174. The largest absolute Gasteiger partial charge is 0.496 e. The molecule has 0 fully saturated rings. The molecule has 2 rings (SSSR count). The summed E-state index contributed by atoms with van der Waals surface area (Å²) in [6.45, 7) is 3.75. The van der Waals surface area contributed by atoms with E-state index in [1.54, 1.807) is 30.3 Å². The summed E-state index contributed by atoms with van der Waals surface area (Å²) in [5.74, 6) is -0.247. The Balaban J connectivity index is 2.34. The van der Waals surface area contributed by atoms with Gasteiger partial charge in [0.2, 0.25) is 0 Å². The van der Waals surface area contributed by atoms with Crippen molar-refractivity contribution >= 4 is 18.0 Å². The molecule has 0 spiro atoms. The Morgan fingerprint density at radius 2 is 1.68 bits per heavy atom. The minimum absolute atomic E-state index is 0.0904. The van der Waals surface area contributed by atoms with E-state index in [4.69, 9.17) is 18.9 Å². The van der Waals surface area contributed by atoms with Crippen molar-refractivity contribution in [3.8, 4) is 29.1 Å². The third-order valence-electron chi connectivity index (χ3n) is 4.11. The molecule has 0 bridgehead atoms. The number of carbonyl (C=O) groups excluding carboxylic acids is 2. The Morgan fingerprint density at radius 3 is 2.23 bits per heavy atom. The first kappa shape index (κ1) is 23.0. The summed E-state index contributed by atoms with van der Waals surface area (Å²) in [6.07, 6.45) is 2.91. The van der Waals surface area contributed by atoms with Crippen LogP contribution in [-0.2, 0) is 4.79 Å². The average Bonchev–Trinajstić information content (AvgIpc) is 2.80. The van der Waals surface area contributed by atoms with Crippen molar-refractivity contribution < 1.29 is 28.5 Å². The van der Waals surface area contributed by atoms with E-state index in [-0.39, 0.29) is 29.2 Å². The number of amides is 1. The lowest BCUT2D eigenvalue weighted by atomic mass is 10.1. The van der Waals surface area contributed by atoms with Crippen LogP contribution in [0.25, 0.3) is 6.08 Å². The number of nitrogens with one attached hydrogen (secondary N) is 1. The Kier molecular flexibility index (Phi) is 8.22. The zero-order chi connectivity index (χ0) is 22.8. The van der Waals surface area contributed by atoms with Gasteiger partial charge in [-0.2, -0.15) is 5.26 Å². The molecule has 0 heterocycles. The van der Waals surface area contributed by atoms with Gasteiger partial charge in [0.15, 0.2) is 11.5 Å². The Hall–Kier alpha value is -4.25. The van der Waals surface area contributed by atoms with Crippen molar-refractivity contribution in [2.45, 2.75) is 0 Å². The summed E-state index contributed by atoms with van der Waals surface area (Å²) < 4.78 is 21.3. The zero-order valence-electron chi connectivity index (χ0n) is 17.4. The Labute approximate surface area is 180 Å². The first-order chi connectivity index (χ1) is 15.0. The van der Waals surface area contributed by atoms with Crippen LogP contribution in [0.5, 0.6) is 23.0 Å². The van der Waals surface area contributed by atoms with Gasteiger partial charge in [-0.05, 0) is 35.9 Å². The maximum atomic E-state index is 12.8. The monoisotopic (exact) mass is 422 g/mol. The van der Waals surface area contributed by atoms with E-state index >= 15 is 0 Å². The number of ether oxygens (including phenoxy) is 4. The minimum atomic E-state index is -0.697. The summed E-state index contributed by atoms with van der Waals surface area (Å²) in [5, 5.41) is 11.8. The van der Waals surface area contributed by atoms with Gasteiger partial charge in [-0.3, -0.25) is 4.79 Å². The average molecular weight is 422 g/mol. The van der Waals surface area contributed by atoms with E-state index in [1.807, 2.05) is 6.07 Å². The first-order valence-corrected chi connectivity index (χ1v) is 9.11. The van der Waals surface area contributed by atoms with E-state index in [0.29, 0.717) is 17.1 Å². The van der Waals surface area contributed by atoms with Gasteiger partial charge in [0.05, 0.1) is 21.3 Å². The molecule has 8 nitrogen and oxygen atoms in total. The van der Waals surface area contributed by atoms with Gasteiger partial charge in [-0.25, -0.2) is 4.79 Å². The van der Waals surface area contributed by atoms with Gasteiger partial charge in [0.25, 0.3) is 5.91 Å². The lowest BCUT2D eigenvalue weighted by Crippen LogP contribution is -2.24. The lowest BCUT2D eigenvalue weighted by molar-refractivity contribution is -0.116. The van der Waals surface area contributed by atoms with Gasteiger partial charge >= 0.3 is 5.97 Å². The van der Waals surface area contributed by atoms with Crippen molar-refractivity contribution in [2.24, 2.45) is 0 Å². The van der Waals surface area contributed by atoms with E-state index in [2.05, 4.69) is 11.9 Å². The van der Waals surface area contributed by atoms with Crippen LogP contribution in [0.1, 0.15) is 15.9 Å².